The largest absolute Gasteiger partial charge is 0.432 e. The van der Waals surface area contributed by atoms with Crippen LogP contribution in [0.15, 0.2) is 11.6 Å². The van der Waals surface area contributed by atoms with Crippen molar-refractivity contribution in [2.45, 2.75) is 211 Å². The molecule has 0 bridgehead atoms. The highest BCUT2D eigenvalue weighted by molar-refractivity contribution is 5.79. The van der Waals surface area contributed by atoms with Crippen LogP contribution >= 0.6 is 0 Å². The highest BCUT2D eigenvalue weighted by atomic mass is 16.8. The second kappa shape index (κ2) is 16.9. The van der Waals surface area contributed by atoms with Gasteiger partial charge in [-0.2, -0.15) is 0 Å². The number of hydrogen-bond donors (Lipinski definition) is 10. The first kappa shape index (κ1) is 49.0. The lowest BCUT2D eigenvalue weighted by Gasteiger charge is -2.71. The third-order valence-electron chi connectivity index (χ3n) is 19.1. The second-order valence-corrected chi connectivity index (χ2v) is 23.0. The predicted octanol–water partition coefficient (Wildman–Crippen LogP) is 0.778. The number of hydrogen-bond acceptors (Lipinski definition) is 17. The Morgan fingerprint density at radius 1 is 0.703 bits per heavy atom. The van der Waals surface area contributed by atoms with E-state index in [-0.39, 0.29) is 35.4 Å². The van der Waals surface area contributed by atoms with E-state index < -0.39 is 132 Å². The van der Waals surface area contributed by atoms with Gasteiger partial charge in [0.1, 0.15) is 61.0 Å². The number of allylic oxidation sites excluding steroid dienone is 1. The molecule has 3 heterocycles. The van der Waals surface area contributed by atoms with E-state index in [1.807, 2.05) is 13.8 Å². The molecule has 10 N–H and O–H groups in total. The lowest BCUT2D eigenvalue weighted by molar-refractivity contribution is -0.364. The number of ether oxygens (including phenoxy) is 6. The van der Waals surface area contributed by atoms with Gasteiger partial charge in [-0.3, -0.25) is 4.79 Å². The van der Waals surface area contributed by atoms with Gasteiger partial charge in [0.05, 0.1) is 36.9 Å². The van der Waals surface area contributed by atoms with Gasteiger partial charge < -0.3 is 79.5 Å². The van der Waals surface area contributed by atoms with Crippen molar-refractivity contribution in [1.82, 2.24) is 0 Å². The number of rotatable bonds is 7. The van der Waals surface area contributed by atoms with Gasteiger partial charge in [0.25, 0.3) is 0 Å². The summed E-state index contributed by atoms with van der Waals surface area (Å²) in [5, 5.41) is 107. The Kier molecular flexibility index (Phi) is 13.0. The van der Waals surface area contributed by atoms with E-state index in [1.165, 1.54) is 6.92 Å². The molecule has 0 aromatic carbocycles. The summed E-state index contributed by atoms with van der Waals surface area (Å²) in [7, 11) is 0. The van der Waals surface area contributed by atoms with Crippen molar-refractivity contribution in [1.29, 1.82) is 0 Å². The number of aliphatic hydroxyl groups is 10. The van der Waals surface area contributed by atoms with Gasteiger partial charge in [-0.1, -0.05) is 60.1 Å². The summed E-state index contributed by atoms with van der Waals surface area (Å²) in [5.74, 6) is -0.812. The van der Waals surface area contributed by atoms with Gasteiger partial charge in [0.2, 0.25) is 6.29 Å². The van der Waals surface area contributed by atoms with E-state index in [1.54, 1.807) is 0 Å². The second-order valence-electron chi connectivity index (χ2n) is 23.0. The first-order valence-electron chi connectivity index (χ1n) is 23.7. The third-order valence-corrected chi connectivity index (χ3v) is 19.1. The smallest absolute Gasteiger partial charge is 0.315 e. The molecule has 17 heteroatoms. The third kappa shape index (κ3) is 7.31. The molecular weight excluding hydrogens is 836 g/mol. The van der Waals surface area contributed by atoms with Crippen molar-refractivity contribution in [2.75, 3.05) is 13.2 Å². The van der Waals surface area contributed by atoms with Gasteiger partial charge in [0, 0.05) is 5.92 Å². The van der Waals surface area contributed by atoms with Gasteiger partial charge in [0.15, 0.2) is 12.6 Å². The molecule has 64 heavy (non-hydrogen) atoms. The average Bonchev–Trinajstić information content (AvgIpc) is 3.24. The fraction of sp³-hybridized carbons (Fsp3) is 0.936. The molecule has 366 valence electrons. The van der Waals surface area contributed by atoms with Gasteiger partial charge in [-0.25, -0.2) is 0 Å². The van der Waals surface area contributed by atoms with E-state index >= 15 is 0 Å². The number of carbonyl (C=O) groups excluding carboxylic acids is 1. The minimum Gasteiger partial charge on any atom is -0.432 e. The molecule has 0 unspecified atom stereocenters. The molecule has 0 amide bonds. The number of carbonyl (C=O) groups is 1. The van der Waals surface area contributed by atoms with Crippen LogP contribution in [0.1, 0.15) is 113 Å². The van der Waals surface area contributed by atoms with E-state index in [4.69, 9.17) is 28.4 Å². The Labute approximate surface area is 376 Å². The summed E-state index contributed by atoms with van der Waals surface area (Å²) in [4.78, 5) is 14.7. The molecule has 0 aromatic heterocycles. The first-order valence-corrected chi connectivity index (χ1v) is 23.7. The standard InChI is InChI=1S/C47H76O17/c1-21-29(50)32(53)34(55)38(60-21)63-36-30(51)23(49)20-59-40(36)62-27-12-13-44(6)25(43(27,4)5)11-14-46(8)26(44)10-9-22-28-37(57)42(2,3)15-17-47(28,18-16-45(22,46)7)41(58)64-39-35(56)33(54)31(52)24(19-48)61-39/h9,21,23-40,48-57H,10-20H2,1-8H3/t21-,23-,24+,25-,26+,27-,28+,29-,30-,31+,32+,33-,34+,35+,36+,37-,38-,39-,40-,44-,45+,46+,47-/m0/s1. The summed E-state index contributed by atoms with van der Waals surface area (Å²) in [6, 6.07) is 0. The highest BCUT2D eigenvalue weighted by Crippen LogP contribution is 2.76. The summed E-state index contributed by atoms with van der Waals surface area (Å²) in [6.45, 7) is 16.2. The maximum atomic E-state index is 14.7. The Hall–Kier alpha value is -1.39. The topological polar surface area (TPSA) is 275 Å². The lowest BCUT2D eigenvalue weighted by Crippen LogP contribution is -2.67. The molecule has 7 fully saturated rings. The van der Waals surface area contributed by atoms with Crippen LogP contribution in [0.25, 0.3) is 0 Å². The van der Waals surface area contributed by atoms with Gasteiger partial charge >= 0.3 is 5.97 Å². The normalized spacial score (nSPS) is 54.6. The van der Waals surface area contributed by atoms with E-state index in [0.29, 0.717) is 32.1 Å². The fourth-order valence-corrected chi connectivity index (χ4v) is 14.7. The summed E-state index contributed by atoms with van der Waals surface area (Å²) in [6.07, 6.45) is -12.9. The van der Waals surface area contributed by atoms with Crippen molar-refractivity contribution in [3.63, 3.8) is 0 Å². The molecule has 8 aliphatic rings. The van der Waals surface area contributed by atoms with E-state index in [9.17, 15) is 55.9 Å². The van der Waals surface area contributed by atoms with Crippen molar-refractivity contribution in [3.8, 4) is 0 Å². The monoisotopic (exact) mass is 913 g/mol. The van der Waals surface area contributed by atoms with Crippen molar-refractivity contribution in [3.05, 3.63) is 11.6 Å². The van der Waals surface area contributed by atoms with E-state index in [0.717, 1.165) is 31.3 Å². The van der Waals surface area contributed by atoms with Crippen molar-refractivity contribution in [2.24, 2.45) is 50.2 Å². The minimum absolute atomic E-state index is 0.158. The molecule has 3 aliphatic heterocycles. The zero-order chi connectivity index (χ0) is 46.9. The quantitative estimate of drug-likeness (QED) is 0.0960. The summed E-state index contributed by atoms with van der Waals surface area (Å²) in [5.41, 5.74) is -1.82. The number of aliphatic hydroxyl groups excluding tert-OH is 10. The summed E-state index contributed by atoms with van der Waals surface area (Å²) >= 11 is 0. The van der Waals surface area contributed by atoms with Crippen LogP contribution in [0.4, 0.5) is 0 Å². The molecule has 8 rings (SSSR count). The molecule has 3 saturated heterocycles. The van der Waals surface area contributed by atoms with Crippen LogP contribution < -0.4 is 0 Å². The van der Waals surface area contributed by atoms with Crippen LogP contribution in [-0.4, -0.2) is 168 Å². The van der Waals surface area contributed by atoms with Crippen LogP contribution in [0, 0.1) is 50.2 Å². The zero-order valence-electron chi connectivity index (χ0n) is 38.7. The Bertz CT molecular complexity index is 1760. The molecular formula is C47H76O17. The molecule has 0 aromatic rings. The van der Waals surface area contributed by atoms with Gasteiger partial charge in [-0.15, -0.1) is 0 Å². The van der Waals surface area contributed by atoms with Crippen LogP contribution in [0.2, 0.25) is 0 Å². The van der Waals surface area contributed by atoms with Crippen LogP contribution in [0.5, 0.6) is 0 Å². The maximum absolute atomic E-state index is 14.7. The van der Waals surface area contributed by atoms with Crippen LogP contribution in [-0.2, 0) is 33.2 Å². The van der Waals surface area contributed by atoms with Crippen molar-refractivity contribution >= 4 is 5.97 Å². The van der Waals surface area contributed by atoms with Gasteiger partial charge in [-0.05, 0) is 104 Å². The summed E-state index contributed by atoms with van der Waals surface area (Å²) < 4.78 is 36.1. The number of esters is 1. The maximum Gasteiger partial charge on any atom is 0.315 e. The molecule has 0 radical (unpaired) electrons. The van der Waals surface area contributed by atoms with Crippen LogP contribution in [0.3, 0.4) is 0 Å². The minimum atomic E-state index is -1.74. The van der Waals surface area contributed by atoms with Crippen molar-refractivity contribution < 1.29 is 84.3 Å². The Morgan fingerprint density at radius 2 is 1.36 bits per heavy atom. The molecule has 4 saturated carbocycles. The van der Waals surface area contributed by atoms with E-state index in [2.05, 4.69) is 40.7 Å². The predicted molar refractivity (Wildman–Crippen MR) is 224 cm³/mol. The number of fused-ring (bicyclic) bond motifs is 7. The SMILES string of the molecule is C[C@@H]1O[C@@H](O[C@H]2[C@H](O[C@H]3CC[C@]4(C)[C@H]5CC=C6[C@@H]7[C@H](O)C(C)(C)CC[C@]7(C(=O)O[C@@H]7O[C@H](CO)[C@@H](O)[C@H](O)[C@H]7O)CC[C@@]6(C)[C@]5(C)CC[C@H]4C3(C)C)OC[C@H](O)[C@@H]2O)[C@H](O)[C@H](O)[C@H]1O. The highest BCUT2D eigenvalue weighted by Gasteiger charge is 2.71. The molecule has 17 nitrogen and oxygen atoms in total. The first-order chi connectivity index (χ1) is 29.8. The average molecular weight is 913 g/mol. The molecule has 23 atom stereocenters. The molecule has 0 spiro atoms. The fourth-order valence-electron chi connectivity index (χ4n) is 14.7. The Balaban J connectivity index is 1.05. The Morgan fingerprint density at radius 3 is 2.05 bits per heavy atom. The molecule has 5 aliphatic carbocycles. The lowest BCUT2D eigenvalue weighted by atomic mass is 9.33. The zero-order valence-corrected chi connectivity index (χ0v) is 38.7.